The lowest BCUT2D eigenvalue weighted by Gasteiger charge is -2.09. The number of aromatic nitrogens is 1. The molecular formula is C20H14ClNO3S. The van der Waals surface area contributed by atoms with Crippen LogP contribution in [-0.4, -0.2) is 24.2 Å². The molecule has 0 aliphatic carbocycles. The fourth-order valence-electron chi connectivity index (χ4n) is 2.68. The van der Waals surface area contributed by atoms with Gasteiger partial charge in [0, 0.05) is 26.7 Å². The third-order valence-corrected chi connectivity index (χ3v) is 5.30. The van der Waals surface area contributed by atoms with Crippen molar-refractivity contribution >= 4 is 49.9 Å². The molecule has 4 nitrogen and oxygen atoms in total. The van der Waals surface area contributed by atoms with E-state index < -0.39 is 0 Å². The summed E-state index contributed by atoms with van der Waals surface area (Å²) in [5.74, 6) is 0.353. The van der Waals surface area contributed by atoms with E-state index in [9.17, 15) is 4.79 Å². The van der Waals surface area contributed by atoms with E-state index in [-0.39, 0.29) is 19.2 Å². The number of carbonyl (C=O) groups is 1. The Morgan fingerprint density at radius 1 is 1.04 bits per heavy atom. The maximum absolute atomic E-state index is 12.2. The number of rotatable bonds is 5. The first-order chi connectivity index (χ1) is 12.7. The van der Waals surface area contributed by atoms with E-state index in [4.69, 9.17) is 21.1 Å². The molecule has 0 N–H and O–H groups in total. The maximum Gasteiger partial charge on any atom is 0.348 e. The number of hydrogen-bond donors (Lipinski definition) is 0. The maximum atomic E-state index is 12.2. The fraction of sp³-hybridized carbons (Fsp3) is 0.100. The molecule has 0 spiro atoms. The van der Waals surface area contributed by atoms with E-state index in [1.54, 1.807) is 24.4 Å². The van der Waals surface area contributed by atoms with Crippen molar-refractivity contribution in [1.29, 1.82) is 0 Å². The third-order valence-electron chi connectivity index (χ3n) is 3.89. The molecule has 0 fully saturated rings. The lowest BCUT2D eigenvalue weighted by molar-refractivity contribution is 0.0457. The van der Waals surface area contributed by atoms with E-state index in [1.165, 1.54) is 11.3 Å². The molecule has 6 heteroatoms. The number of para-hydroxylation sites is 1. The Hall–Kier alpha value is -2.63. The summed E-state index contributed by atoms with van der Waals surface area (Å²) < 4.78 is 12.0. The molecule has 2 aromatic carbocycles. The highest BCUT2D eigenvalue weighted by Gasteiger charge is 2.13. The Kier molecular flexibility index (Phi) is 4.73. The highest BCUT2D eigenvalue weighted by Crippen LogP contribution is 2.31. The zero-order chi connectivity index (χ0) is 17.9. The van der Waals surface area contributed by atoms with Crippen LogP contribution in [-0.2, 0) is 4.74 Å². The Morgan fingerprint density at radius 3 is 2.81 bits per heavy atom. The number of carbonyl (C=O) groups excluding carboxylic acids is 1. The van der Waals surface area contributed by atoms with Crippen LogP contribution in [0, 0.1) is 0 Å². The highest BCUT2D eigenvalue weighted by molar-refractivity contribution is 7.20. The van der Waals surface area contributed by atoms with Crippen molar-refractivity contribution in [1.82, 2.24) is 4.98 Å². The number of esters is 1. The number of hydrogen-bond acceptors (Lipinski definition) is 5. The van der Waals surface area contributed by atoms with Crippen molar-refractivity contribution in [2.24, 2.45) is 0 Å². The lowest BCUT2D eigenvalue weighted by atomic mass is 10.2. The number of fused-ring (bicyclic) bond motifs is 2. The quantitative estimate of drug-likeness (QED) is 0.345. The lowest BCUT2D eigenvalue weighted by Crippen LogP contribution is -2.11. The molecule has 4 rings (SSSR count). The van der Waals surface area contributed by atoms with E-state index >= 15 is 0 Å². The molecule has 0 saturated carbocycles. The molecule has 130 valence electrons. The third kappa shape index (κ3) is 3.36. The summed E-state index contributed by atoms with van der Waals surface area (Å²) in [6.45, 7) is 0.433. The van der Waals surface area contributed by atoms with Gasteiger partial charge in [0.2, 0.25) is 0 Å². The van der Waals surface area contributed by atoms with Crippen molar-refractivity contribution in [2.75, 3.05) is 13.2 Å². The van der Waals surface area contributed by atoms with E-state index in [2.05, 4.69) is 4.98 Å². The number of nitrogens with zero attached hydrogens (tertiary/aromatic N) is 1. The zero-order valence-electron chi connectivity index (χ0n) is 13.6. The molecule has 4 aromatic rings. The van der Waals surface area contributed by atoms with Gasteiger partial charge in [0.05, 0.1) is 5.52 Å². The summed E-state index contributed by atoms with van der Waals surface area (Å²) in [7, 11) is 0. The molecule has 0 unspecified atom stereocenters. The average molecular weight is 384 g/mol. The van der Waals surface area contributed by atoms with Gasteiger partial charge in [-0.3, -0.25) is 4.98 Å². The summed E-state index contributed by atoms with van der Waals surface area (Å²) in [6, 6.07) is 16.9. The smallest absolute Gasteiger partial charge is 0.348 e. The van der Waals surface area contributed by atoms with Crippen LogP contribution in [0.1, 0.15) is 9.67 Å². The molecule has 0 radical (unpaired) electrons. The second-order valence-corrected chi connectivity index (χ2v) is 7.06. The minimum atomic E-state index is -0.370. The SMILES string of the molecule is O=C(OCCOc1ccnc2ccccc12)c1cc2c(Cl)cccc2s1. The summed E-state index contributed by atoms with van der Waals surface area (Å²) >= 11 is 7.51. The van der Waals surface area contributed by atoms with Crippen LogP contribution in [0.4, 0.5) is 0 Å². The largest absolute Gasteiger partial charge is 0.489 e. The van der Waals surface area contributed by atoms with Crippen molar-refractivity contribution in [3.05, 3.63) is 70.7 Å². The molecule has 2 aromatic heterocycles. The number of ether oxygens (including phenoxy) is 2. The predicted molar refractivity (Wildman–Crippen MR) is 104 cm³/mol. The van der Waals surface area contributed by atoms with Gasteiger partial charge in [-0.05, 0) is 36.4 Å². The molecule has 2 heterocycles. The summed E-state index contributed by atoms with van der Waals surface area (Å²) in [6.07, 6.45) is 1.70. The monoisotopic (exact) mass is 383 g/mol. The molecule has 0 saturated heterocycles. The van der Waals surface area contributed by atoms with Crippen LogP contribution in [0.5, 0.6) is 5.75 Å². The van der Waals surface area contributed by atoms with Crippen molar-refractivity contribution in [3.8, 4) is 5.75 Å². The second-order valence-electron chi connectivity index (χ2n) is 5.57. The zero-order valence-corrected chi connectivity index (χ0v) is 15.2. The molecule has 0 aliphatic rings. The minimum absolute atomic E-state index is 0.164. The summed E-state index contributed by atoms with van der Waals surface area (Å²) in [5, 5.41) is 2.43. The topological polar surface area (TPSA) is 48.4 Å². The Morgan fingerprint density at radius 2 is 1.92 bits per heavy atom. The highest BCUT2D eigenvalue weighted by atomic mass is 35.5. The van der Waals surface area contributed by atoms with E-state index in [0.29, 0.717) is 9.90 Å². The van der Waals surface area contributed by atoms with Gasteiger partial charge >= 0.3 is 5.97 Å². The van der Waals surface area contributed by atoms with Gasteiger partial charge < -0.3 is 9.47 Å². The van der Waals surface area contributed by atoms with Crippen LogP contribution < -0.4 is 4.74 Å². The predicted octanol–water partition coefficient (Wildman–Crippen LogP) is 5.34. The van der Waals surface area contributed by atoms with Crippen LogP contribution in [0.25, 0.3) is 21.0 Å². The average Bonchev–Trinajstić information content (AvgIpc) is 3.11. The molecule has 0 amide bonds. The van der Waals surface area contributed by atoms with Crippen molar-refractivity contribution in [2.45, 2.75) is 0 Å². The number of benzene rings is 2. The number of halogens is 1. The summed E-state index contributed by atoms with van der Waals surface area (Å²) in [4.78, 5) is 17.0. The first kappa shape index (κ1) is 16.8. The first-order valence-electron chi connectivity index (χ1n) is 8.04. The standard InChI is InChI=1S/C20H14ClNO3S/c21-15-5-3-7-18-14(15)12-19(26-18)20(23)25-11-10-24-17-8-9-22-16-6-2-1-4-13(16)17/h1-9,12H,10-11H2. The molecule has 0 bridgehead atoms. The fourth-order valence-corrected chi connectivity index (χ4v) is 3.95. The van der Waals surface area contributed by atoms with Gasteiger partial charge in [-0.1, -0.05) is 29.8 Å². The molecular weight excluding hydrogens is 370 g/mol. The van der Waals surface area contributed by atoms with Crippen molar-refractivity contribution < 1.29 is 14.3 Å². The van der Waals surface area contributed by atoms with Gasteiger partial charge in [-0.25, -0.2) is 4.79 Å². The Labute approximate surface area is 158 Å². The van der Waals surface area contributed by atoms with Crippen LogP contribution >= 0.6 is 22.9 Å². The molecule has 0 aliphatic heterocycles. The Balaban J connectivity index is 1.38. The molecule has 26 heavy (non-hydrogen) atoms. The second kappa shape index (κ2) is 7.32. The number of pyridine rings is 1. The normalized spacial score (nSPS) is 11.0. The van der Waals surface area contributed by atoms with Gasteiger partial charge in [0.1, 0.15) is 23.8 Å². The number of thiophene rings is 1. The van der Waals surface area contributed by atoms with E-state index in [1.807, 2.05) is 36.4 Å². The van der Waals surface area contributed by atoms with Crippen LogP contribution in [0.2, 0.25) is 5.02 Å². The van der Waals surface area contributed by atoms with Crippen molar-refractivity contribution in [3.63, 3.8) is 0 Å². The van der Waals surface area contributed by atoms with Gasteiger partial charge in [-0.15, -0.1) is 11.3 Å². The summed E-state index contributed by atoms with van der Waals surface area (Å²) in [5.41, 5.74) is 0.865. The van der Waals surface area contributed by atoms with Crippen LogP contribution in [0.15, 0.2) is 60.8 Å². The van der Waals surface area contributed by atoms with Gasteiger partial charge in [0.25, 0.3) is 0 Å². The van der Waals surface area contributed by atoms with E-state index in [0.717, 1.165) is 26.7 Å². The first-order valence-corrected chi connectivity index (χ1v) is 9.23. The minimum Gasteiger partial charge on any atom is -0.489 e. The molecule has 0 atom stereocenters. The van der Waals surface area contributed by atoms with Crippen LogP contribution in [0.3, 0.4) is 0 Å². The Bertz CT molecular complexity index is 1090. The van der Waals surface area contributed by atoms with Gasteiger partial charge in [-0.2, -0.15) is 0 Å². The van der Waals surface area contributed by atoms with Gasteiger partial charge in [0.15, 0.2) is 0 Å².